The number of rotatable bonds is 5. The average molecular weight is 530 g/mol. The monoisotopic (exact) mass is 531 g/mol. The first-order valence-electron chi connectivity index (χ1n) is 11.1. The Labute approximate surface area is 237 Å². The smallest absolute Gasteiger partial charge is 0.348 e. The highest BCUT2D eigenvalue weighted by atomic mass is 35.5. The van der Waals surface area contributed by atoms with Crippen molar-refractivity contribution in [2.75, 3.05) is 0 Å². The second-order valence-corrected chi connectivity index (χ2v) is 9.75. The van der Waals surface area contributed by atoms with E-state index < -0.39 is 57.5 Å². The molecule has 17 heteroatoms. The van der Waals surface area contributed by atoms with Gasteiger partial charge in [-0.05, 0) is 40.5 Å². The molecule has 0 bridgehead atoms. The minimum absolute atomic E-state index is 0.0236. The van der Waals surface area contributed by atoms with Gasteiger partial charge in [0.25, 0.3) is 11.8 Å². The lowest BCUT2D eigenvalue weighted by atomic mass is 9.38. The summed E-state index contributed by atoms with van der Waals surface area (Å²) in [5.41, 5.74) is -0.574. The van der Waals surface area contributed by atoms with Crippen molar-refractivity contribution in [1.82, 2.24) is 14.5 Å². The number of hydrogen-bond acceptors (Lipinski definition) is 4. The zero-order chi connectivity index (χ0) is 29.2. The van der Waals surface area contributed by atoms with Crippen LogP contribution in [0.4, 0.5) is 8.78 Å². The van der Waals surface area contributed by atoms with Crippen LogP contribution in [0.3, 0.4) is 0 Å². The number of carbonyl (C=O) groups excluding carboxylic acids is 4. The molecule has 2 unspecified atom stereocenters. The number of alkyl halides is 2. The summed E-state index contributed by atoms with van der Waals surface area (Å²) in [7, 11) is 41.1. The SMILES string of the molecule is [B]C1C(=O)N([B])C(=O)C(N2Cc3cc(C([B])([B])N([B])C(=O)C(F)(F)c4ccc(Cl)cc4)ccc3C2=O)C1([B])[B]. The lowest BCUT2D eigenvalue weighted by Crippen LogP contribution is -2.63. The van der Waals surface area contributed by atoms with Crippen molar-refractivity contribution in [2.45, 2.75) is 34.9 Å². The van der Waals surface area contributed by atoms with Crippen molar-refractivity contribution in [3.05, 3.63) is 69.7 Å². The molecule has 0 spiro atoms. The second kappa shape index (κ2) is 9.64. The summed E-state index contributed by atoms with van der Waals surface area (Å²) in [6, 6.07) is 6.27. The summed E-state index contributed by atoms with van der Waals surface area (Å²) >= 11 is 5.72. The first-order chi connectivity index (χ1) is 17.9. The number of piperidine rings is 1. The number of imide groups is 1. The van der Waals surface area contributed by atoms with Gasteiger partial charge in [-0.25, -0.2) is 0 Å². The highest BCUT2D eigenvalue weighted by Gasteiger charge is 2.53. The number of carbonyl (C=O) groups is 4. The van der Waals surface area contributed by atoms with Gasteiger partial charge in [0, 0.05) is 22.7 Å². The number of benzene rings is 2. The highest BCUT2D eigenvalue weighted by molar-refractivity contribution is 6.52. The van der Waals surface area contributed by atoms with Gasteiger partial charge in [0.1, 0.15) is 6.04 Å². The number of halogens is 3. The maximum absolute atomic E-state index is 14.9. The molecule has 39 heavy (non-hydrogen) atoms. The predicted molar refractivity (Wildman–Crippen MR) is 143 cm³/mol. The van der Waals surface area contributed by atoms with Crippen LogP contribution in [0.15, 0.2) is 42.5 Å². The molecule has 4 rings (SSSR count). The fourth-order valence-corrected chi connectivity index (χ4v) is 4.56. The number of fused-ring (bicyclic) bond motifs is 1. The molecule has 180 valence electrons. The third kappa shape index (κ3) is 4.54. The van der Waals surface area contributed by atoms with Crippen LogP contribution >= 0.6 is 11.6 Å². The van der Waals surface area contributed by atoms with Crippen LogP contribution in [0, 0.1) is 0 Å². The zero-order valence-electron chi connectivity index (χ0n) is 20.1. The van der Waals surface area contributed by atoms with E-state index in [9.17, 15) is 28.0 Å². The Balaban J connectivity index is 1.63. The predicted octanol–water partition coefficient (Wildman–Crippen LogP) is -0.322. The van der Waals surface area contributed by atoms with Gasteiger partial charge in [-0.2, -0.15) is 8.78 Å². The van der Waals surface area contributed by atoms with Crippen molar-refractivity contribution in [3.8, 4) is 0 Å². The molecule has 2 aromatic carbocycles. The summed E-state index contributed by atoms with van der Waals surface area (Å²) in [5.74, 6) is -10.5. The van der Waals surface area contributed by atoms with E-state index in [4.69, 9.17) is 66.8 Å². The van der Waals surface area contributed by atoms with E-state index in [-0.39, 0.29) is 37.9 Å². The lowest BCUT2D eigenvalue weighted by Gasteiger charge is -2.49. The number of hydrogen-bond donors (Lipinski definition) is 0. The first-order valence-corrected chi connectivity index (χ1v) is 11.5. The van der Waals surface area contributed by atoms with Crippen LogP contribution < -0.4 is 0 Å². The van der Waals surface area contributed by atoms with Crippen LogP contribution in [0.1, 0.15) is 27.0 Å². The molecule has 1 saturated heterocycles. The Morgan fingerprint density at radius 2 is 1.59 bits per heavy atom. The maximum Gasteiger partial charge on any atom is 0.348 e. The fourth-order valence-electron chi connectivity index (χ4n) is 4.43. The summed E-state index contributed by atoms with van der Waals surface area (Å²) in [6.45, 7) is -0.307. The molecular weight excluding hydrogens is 519 g/mol. The van der Waals surface area contributed by atoms with Crippen LogP contribution in [0.5, 0.6) is 0 Å². The van der Waals surface area contributed by atoms with Crippen LogP contribution in [0.2, 0.25) is 16.1 Å². The molecule has 2 aliphatic heterocycles. The quantitative estimate of drug-likeness (QED) is 0.392. The van der Waals surface area contributed by atoms with E-state index in [1.165, 1.54) is 30.3 Å². The average Bonchev–Trinajstić information content (AvgIpc) is 3.20. The van der Waals surface area contributed by atoms with Gasteiger partial charge in [0.05, 0.1) is 39.2 Å². The Kier molecular flexibility index (Phi) is 7.20. The van der Waals surface area contributed by atoms with E-state index in [1.54, 1.807) is 0 Å². The summed E-state index contributed by atoms with van der Waals surface area (Å²) in [6.07, 6.45) is 0. The summed E-state index contributed by atoms with van der Waals surface area (Å²) in [4.78, 5) is 51.9. The standard InChI is InChI=1S/C22H11B7ClF2N3O4/c23-14-17(37)34(28)18(38)15(20(14,24)25)33-8-9-7-11(3-6-13(9)16(33)36)22(26,27)35(29)19(39)21(31,32)10-1-4-12(30)5-2-10/h1-7,14-15H,8H2. The van der Waals surface area contributed by atoms with Gasteiger partial charge in [-0.3, -0.25) is 19.2 Å². The van der Waals surface area contributed by atoms with Crippen LogP contribution in [-0.4, -0.2) is 99.4 Å². The summed E-state index contributed by atoms with van der Waals surface area (Å²) in [5, 5.41) is -4.48. The highest BCUT2D eigenvalue weighted by Crippen LogP contribution is 2.45. The second-order valence-electron chi connectivity index (χ2n) is 9.31. The normalized spacial score (nSPS) is 21.2. The van der Waals surface area contributed by atoms with Crippen molar-refractivity contribution >= 4 is 90.4 Å². The summed E-state index contributed by atoms with van der Waals surface area (Å²) < 4.78 is 29.9. The third-order valence-corrected chi connectivity index (χ3v) is 7.04. The molecular formula is C22H11B7ClF2N3O4. The molecule has 2 heterocycles. The van der Waals surface area contributed by atoms with Crippen molar-refractivity contribution in [1.29, 1.82) is 0 Å². The Morgan fingerprint density at radius 3 is 2.18 bits per heavy atom. The maximum atomic E-state index is 14.9. The van der Waals surface area contributed by atoms with E-state index in [0.717, 1.165) is 17.0 Å². The molecule has 7 nitrogen and oxygen atoms in total. The largest absolute Gasteiger partial charge is 0.398 e. The van der Waals surface area contributed by atoms with Gasteiger partial charge in [0.2, 0.25) is 27.8 Å². The Hall–Kier alpha value is -2.88. The van der Waals surface area contributed by atoms with Gasteiger partial charge < -0.3 is 14.5 Å². The van der Waals surface area contributed by atoms with E-state index in [1.807, 2.05) is 0 Å². The van der Waals surface area contributed by atoms with Crippen molar-refractivity contribution < 1.29 is 28.0 Å². The molecule has 2 aromatic rings. The molecule has 0 aliphatic carbocycles. The topological polar surface area (TPSA) is 78.0 Å². The minimum atomic E-state index is -4.12. The zero-order valence-corrected chi connectivity index (χ0v) is 20.8. The number of amides is 4. The van der Waals surface area contributed by atoms with Gasteiger partial charge in [-0.1, -0.05) is 41.1 Å². The number of nitrogens with zero attached hydrogens (tertiary/aromatic N) is 3. The molecule has 0 saturated carbocycles. The van der Waals surface area contributed by atoms with E-state index in [0.29, 0.717) is 0 Å². The molecule has 1 fully saturated rings. The van der Waals surface area contributed by atoms with Crippen molar-refractivity contribution in [2.24, 2.45) is 0 Å². The molecule has 2 aliphatic rings. The molecule has 0 N–H and O–H groups in total. The van der Waals surface area contributed by atoms with Gasteiger partial charge in [-0.15, -0.1) is 0 Å². The molecule has 0 aromatic heterocycles. The lowest BCUT2D eigenvalue weighted by molar-refractivity contribution is -0.155. The Morgan fingerprint density at radius 1 is 1.03 bits per heavy atom. The van der Waals surface area contributed by atoms with E-state index >= 15 is 0 Å². The first kappa shape index (κ1) is 29.1. The van der Waals surface area contributed by atoms with E-state index in [2.05, 4.69) is 0 Å². The third-order valence-electron chi connectivity index (χ3n) is 6.79. The van der Waals surface area contributed by atoms with Gasteiger partial charge in [0.15, 0.2) is 0 Å². The molecule has 14 radical (unpaired) electrons. The van der Waals surface area contributed by atoms with Gasteiger partial charge >= 0.3 is 5.92 Å². The molecule has 2 atom stereocenters. The van der Waals surface area contributed by atoms with Crippen LogP contribution in [-0.2, 0) is 32.2 Å². The minimum Gasteiger partial charge on any atom is -0.398 e. The molecule has 4 amide bonds. The Bertz CT molecular complexity index is 1400. The van der Waals surface area contributed by atoms with Crippen molar-refractivity contribution in [3.63, 3.8) is 0 Å². The van der Waals surface area contributed by atoms with Crippen LogP contribution in [0.25, 0.3) is 0 Å². The fraction of sp³-hybridized carbons (Fsp3) is 0.273.